The van der Waals surface area contributed by atoms with Crippen molar-refractivity contribution in [3.05, 3.63) is 0 Å². The zero-order valence-electron chi connectivity index (χ0n) is 3.72. The van der Waals surface area contributed by atoms with Gasteiger partial charge in [-0.05, 0) is 0 Å². The molecule has 0 bridgehead atoms. The van der Waals surface area contributed by atoms with Crippen LogP contribution in [0.1, 0.15) is 6.92 Å². The fourth-order valence-electron chi connectivity index (χ4n) is 0.351. The Bertz CT molecular complexity index is 73.2. The molecule has 0 amide bonds. The van der Waals surface area contributed by atoms with E-state index in [1.54, 1.807) is 7.07 Å². The molecule has 0 N–H and O–H groups in total. The van der Waals surface area contributed by atoms with Crippen molar-refractivity contribution in [2.24, 2.45) is 5.06 Å². The van der Waals surface area contributed by atoms with E-state index >= 15 is 0 Å². The van der Waals surface area contributed by atoms with Crippen LogP contribution in [-0.2, 0) is 4.84 Å². The van der Waals surface area contributed by atoms with Gasteiger partial charge < -0.3 is 0 Å². The standard InChI is InChI=1S/C3H6BNO/c1-3-2-6-5-4-3/h3H,2H2,1H3/t3-/m0/s1. The Morgan fingerprint density at radius 2 is 2.83 bits per heavy atom. The molecule has 32 valence electrons. The van der Waals surface area contributed by atoms with E-state index in [-0.39, 0.29) is 0 Å². The van der Waals surface area contributed by atoms with E-state index in [1.807, 2.05) is 0 Å². The summed E-state index contributed by atoms with van der Waals surface area (Å²) in [6, 6.07) is 0. The minimum atomic E-state index is 0.532. The molecule has 1 atom stereocenters. The maximum absolute atomic E-state index is 4.63. The van der Waals surface area contributed by atoms with Crippen molar-refractivity contribution >= 4 is 7.07 Å². The molecular weight excluding hydrogens is 76.9 g/mol. The van der Waals surface area contributed by atoms with Crippen LogP contribution < -0.4 is 0 Å². The van der Waals surface area contributed by atoms with E-state index in [0.717, 1.165) is 6.61 Å². The summed E-state index contributed by atoms with van der Waals surface area (Å²) in [5, 5.41) is 3.54. The molecule has 1 aliphatic rings. The van der Waals surface area contributed by atoms with Gasteiger partial charge in [0.25, 0.3) is 0 Å². The van der Waals surface area contributed by atoms with Crippen LogP contribution in [0, 0.1) is 0 Å². The fraction of sp³-hybridized carbons (Fsp3) is 1.00. The average Bonchev–Trinajstić information content (AvgIpc) is 1.86. The van der Waals surface area contributed by atoms with Crippen molar-refractivity contribution in [2.45, 2.75) is 12.7 Å². The Hall–Kier alpha value is -0.335. The predicted octanol–water partition coefficient (Wildman–Crippen LogP) is 0.628. The maximum atomic E-state index is 4.63. The fourth-order valence-corrected chi connectivity index (χ4v) is 0.351. The topological polar surface area (TPSA) is 21.6 Å². The molecule has 1 heterocycles. The normalized spacial score (nSPS) is 29.2. The third kappa shape index (κ3) is 0.586. The second-order valence-electron chi connectivity index (χ2n) is 1.53. The van der Waals surface area contributed by atoms with Gasteiger partial charge in [-0.2, -0.15) is 0 Å². The van der Waals surface area contributed by atoms with Crippen LogP contribution >= 0.6 is 0 Å². The third-order valence-corrected chi connectivity index (χ3v) is 0.727. The van der Waals surface area contributed by atoms with Gasteiger partial charge in [0.2, 0.25) is 0 Å². The first kappa shape index (κ1) is 3.84. The molecule has 2 nitrogen and oxygen atoms in total. The quantitative estimate of drug-likeness (QED) is 0.393. The van der Waals surface area contributed by atoms with E-state index < -0.39 is 0 Å². The van der Waals surface area contributed by atoms with E-state index in [2.05, 4.69) is 16.8 Å². The summed E-state index contributed by atoms with van der Waals surface area (Å²) >= 11 is 0. The zero-order chi connectivity index (χ0) is 4.41. The first-order valence-corrected chi connectivity index (χ1v) is 2.05. The number of hydrogen-bond acceptors (Lipinski definition) is 2. The first-order chi connectivity index (χ1) is 2.89. The molecule has 0 aromatic carbocycles. The summed E-state index contributed by atoms with van der Waals surface area (Å²) in [6.45, 7) is 2.83. The van der Waals surface area contributed by atoms with Crippen LogP contribution in [0.15, 0.2) is 5.06 Å². The van der Waals surface area contributed by atoms with Crippen molar-refractivity contribution < 1.29 is 4.84 Å². The number of nitrogens with zero attached hydrogens (tertiary/aromatic N) is 1. The predicted molar refractivity (Wildman–Crippen MR) is 23.6 cm³/mol. The molecule has 0 spiro atoms. The van der Waals surface area contributed by atoms with Gasteiger partial charge in [-0.25, -0.2) is 0 Å². The van der Waals surface area contributed by atoms with Crippen LogP contribution in [0.5, 0.6) is 0 Å². The molecule has 0 aromatic rings. The van der Waals surface area contributed by atoms with E-state index in [1.165, 1.54) is 0 Å². The Kier molecular flexibility index (Phi) is 0.903. The molecule has 0 saturated carbocycles. The number of hydrogen-bond donors (Lipinski definition) is 0. The van der Waals surface area contributed by atoms with Gasteiger partial charge in [-0.1, -0.05) is 0 Å². The van der Waals surface area contributed by atoms with E-state index in [4.69, 9.17) is 0 Å². The summed E-state index contributed by atoms with van der Waals surface area (Å²) in [4.78, 5) is 4.63. The van der Waals surface area contributed by atoms with Gasteiger partial charge in [-0.15, -0.1) is 0 Å². The molecule has 3 heteroatoms. The molecule has 0 aliphatic carbocycles. The molecule has 0 fully saturated rings. The Morgan fingerprint density at radius 3 is 3.00 bits per heavy atom. The summed E-state index contributed by atoms with van der Waals surface area (Å²) in [5.41, 5.74) is 0. The van der Waals surface area contributed by atoms with Gasteiger partial charge in [0.05, 0.1) is 0 Å². The molecule has 0 aromatic heterocycles. The Morgan fingerprint density at radius 1 is 2.00 bits per heavy atom. The van der Waals surface area contributed by atoms with Crippen LogP contribution in [0.3, 0.4) is 0 Å². The van der Waals surface area contributed by atoms with Crippen LogP contribution in [0.25, 0.3) is 0 Å². The zero-order valence-corrected chi connectivity index (χ0v) is 3.72. The SMILES string of the molecule is C[C@@H]1B=NOC1. The minimum absolute atomic E-state index is 0.532. The monoisotopic (exact) mass is 83.1 g/mol. The van der Waals surface area contributed by atoms with Gasteiger partial charge in [0.15, 0.2) is 0 Å². The Labute approximate surface area is 37.4 Å². The van der Waals surface area contributed by atoms with Crippen LogP contribution in [-0.4, -0.2) is 13.7 Å². The van der Waals surface area contributed by atoms with Crippen molar-refractivity contribution in [1.82, 2.24) is 0 Å². The van der Waals surface area contributed by atoms with Gasteiger partial charge >= 0.3 is 36.3 Å². The van der Waals surface area contributed by atoms with Crippen molar-refractivity contribution in [2.75, 3.05) is 6.61 Å². The second kappa shape index (κ2) is 1.41. The van der Waals surface area contributed by atoms with Gasteiger partial charge in [0, 0.05) is 0 Å². The van der Waals surface area contributed by atoms with E-state index in [9.17, 15) is 0 Å². The second-order valence-corrected chi connectivity index (χ2v) is 1.53. The molecule has 6 heavy (non-hydrogen) atoms. The Balaban J connectivity index is 2.38. The van der Waals surface area contributed by atoms with Crippen molar-refractivity contribution in [3.63, 3.8) is 0 Å². The summed E-state index contributed by atoms with van der Waals surface area (Å²) in [6.07, 6.45) is 0. The van der Waals surface area contributed by atoms with Crippen molar-refractivity contribution in [3.8, 4) is 0 Å². The summed E-state index contributed by atoms with van der Waals surface area (Å²) in [5.74, 6) is 0.532. The summed E-state index contributed by atoms with van der Waals surface area (Å²) < 4.78 is 0. The number of rotatable bonds is 0. The van der Waals surface area contributed by atoms with E-state index in [0.29, 0.717) is 5.82 Å². The van der Waals surface area contributed by atoms with Crippen LogP contribution in [0.2, 0.25) is 5.82 Å². The van der Waals surface area contributed by atoms with Gasteiger partial charge in [-0.3, -0.25) is 0 Å². The first-order valence-electron chi connectivity index (χ1n) is 2.05. The molecule has 0 radical (unpaired) electrons. The summed E-state index contributed by atoms with van der Waals surface area (Å²) in [7, 11) is 1.81. The van der Waals surface area contributed by atoms with Crippen LogP contribution in [0.4, 0.5) is 0 Å². The van der Waals surface area contributed by atoms with Gasteiger partial charge in [0.1, 0.15) is 0 Å². The molecule has 1 rings (SSSR count). The molecule has 1 aliphatic heterocycles. The molecule has 0 saturated heterocycles. The molecular formula is C3H6BNO. The molecule has 0 unspecified atom stereocenters. The third-order valence-electron chi connectivity index (χ3n) is 0.727. The van der Waals surface area contributed by atoms with Crippen molar-refractivity contribution in [1.29, 1.82) is 0 Å². The average molecular weight is 82.9 g/mol.